The Morgan fingerprint density at radius 2 is 1.79 bits per heavy atom. The third-order valence-corrected chi connectivity index (χ3v) is 6.65. The van der Waals surface area contributed by atoms with Gasteiger partial charge in [-0.3, -0.25) is 9.89 Å². The zero-order chi connectivity index (χ0) is 22.3. The fourth-order valence-electron chi connectivity index (χ4n) is 4.63. The van der Waals surface area contributed by atoms with E-state index in [9.17, 15) is 4.79 Å². The fourth-order valence-corrected chi connectivity index (χ4v) is 4.63. The molecule has 0 unspecified atom stereocenters. The number of H-pyrrole nitrogens is 1. The SMILES string of the molecule is O=C(c1ccc2n[nH]c(C#Cc3ccccc3-c3ccccc3)c2c1)N1CCNC2(CC2)C1. The van der Waals surface area contributed by atoms with Gasteiger partial charge in [0, 0.05) is 41.7 Å². The maximum absolute atomic E-state index is 13.2. The van der Waals surface area contributed by atoms with Crippen molar-refractivity contribution in [2.75, 3.05) is 19.6 Å². The van der Waals surface area contributed by atoms with Crippen molar-refractivity contribution in [2.24, 2.45) is 0 Å². The molecular formula is C28H24N4O. The summed E-state index contributed by atoms with van der Waals surface area (Å²) in [6.45, 7) is 2.39. The molecule has 1 aromatic heterocycles. The van der Waals surface area contributed by atoms with Crippen LogP contribution in [0.5, 0.6) is 0 Å². The van der Waals surface area contributed by atoms with E-state index >= 15 is 0 Å². The van der Waals surface area contributed by atoms with Crippen molar-refractivity contribution < 1.29 is 4.79 Å². The number of hydrogen-bond donors (Lipinski definition) is 2. The Kier molecular flexibility index (Phi) is 4.74. The number of carbonyl (C=O) groups excluding carboxylic acids is 1. The van der Waals surface area contributed by atoms with E-state index in [-0.39, 0.29) is 11.4 Å². The van der Waals surface area contributed by atoms with Gasteiger partial charge in [-0.2, -0.15) is 5.10 Å². The van der Waals surface area contributed by atoms with Gasteiger partial charge < -0.3 is 10.2 Å². The molecule has 5 nitrogen and oxygen atoms in total. The number of nitrogens with one attached hydrogen (secondary N) is 2. The molecule has 6 rings (SSSR count). The van der Waals surface area contributed by atoms with Gasteiger partial charge in [0.05, 0.1) is 5.52 Å². The molecule has 1 amide bonds. The Balaban J connectivity index is 1.32. The van der Waals surface area contributed by atoms with E-state index in [1.165, 1.54) is 0 Å². The van der Waals surface area contributed by atoms with Gasteiger partial charge in [0.2, 0.25) is 0 Å². The van der Waals surface area contributed by atoms with E-state index in [0.29, 0.717) is 5.56 Å². The highest BCUT2D eigenvalue weighted by molar-refractivity contribution is 5.99. The standard InChI is InChI=1S/C28H24N4O/c33-27(32-17-16-29-28(19-32)14-15-28)22-11-13-26-24(18-22)25(30-31-26)12-10-21-8-4-5-9-23(21)20-6-2-1-3-7-20/h1-9,11,13,18,29H,14-17,19H2,(H,30,31). The van der Waals surface area contributed by atoms with Crippen LogP contribution in [0.2, 0.25) is 0 Å². The summed E-state index contributed by atoms with van der Waals surface area (Å²) >= 11 is 0. The van der Waals surface area contributed by atoms with Gasteiger partial charge in [-0.1, -0.05) is 54.5 Å². The second kappa shape index (κ2) is 7.91. The quantitative estimate of drug-likeness (QED) is 0.467. The van der Waals surface area contributed by atoms with Crippen LogP contribution >= 0.6 is 0 Å². The maximum Gasteiger partial charge on any atom is 0.253 e. The molecule has 0 atom stereocenters. The van der Waals surface area contributed by atoms with Gasteiger partial charge in [0.25, 0.3) is 5.91 Å². The minimum Gasteiger partial charge on any atom is -0.336 e. The van der Waals surface area contributed by atoms with Crippen molar-refractivity contribution in [3.05, 3.63) is 89.6 Å². The Labute approximate surface area is 192 Å². The van der Waals surface area contributed by atoms with Gasteiger partial charge in [-0.25, -0.2) is 0 Å². The first-order valence-electron chi connectivity index (χ1n) is 11.4. The molecule has 1 aliphatic carbocycles. The van der Waals surface area contributed by atoms with Gasteiger partial charge in [0.1, 0.15) is 5.69 Å². The van der Waals surface area contributed by atoms with Gasteiger partial charge in [-0.15, -0.1) is 0 Å². The molecule has 2 heterocycles. The summed E-state index contributed by atoms with van der Waals surface area (Å²) in [4.78, 5) is 15.2. The number of hydrogen-bond acceptors (Lipinski definition) is 3. The molecule has 0 radical (unpaired) electrons. The van der Waals surface area contributed by atoms with Crippen LogP contribution in [0.25, 0.3) is 22.0 Å². The Morgan fingerprint density at radius 3 is 2.64 bits per heavy atom. The molecule has 2 aliphatic rings. The third kappa shape index (κ3) is 3.79. The normalized spacial score (nSPS) is 16.4. The minimum absolute atomic E-state index is 0.0826. The highest BCUT2D eigenvalue weighted by Gasteiger charge is 2.46. The van der Waals surface area contributed by atoms with E-state index in [1.807, 2.05) is 59.5 Å². The maximum atomic E-state index is 13.2. The number of fused-ring (bicyclic) bond motifs is 1. The molecular weight excluding hydrogens is 408 g/mol. The Bertz CT molecular complexity index is 1410. The molecule has 3 aromatic carbocycles. The van der Waals surface area contributed by atoms with Gasteiger partial charge in [0.15, 0.2) is 0 Å². The molecule has 4 aromatic rings. The minimum atomic E-state index is 0.0826. The van der Waals surface area contributed by atoms with Crippen LogP contribution in [0.4, 0.5) is 0 Å². The first-order valence-corrected chi connectivity index (χ1v) is 11.4. The van der Waals surface area contributed by atoms with Crippen LogP contribution < -0.4 is 5.32 Å². The number of aromatic amines is 1. The van der Waals surface area contributed by atoms with Crippen molar-refractivity contribution in [1.82, 2.24) is 20.4 Å². The predicted octanol–water partition coefficient (Wildman–Crippen LogP) is 4.21. The summed E-state index contributed by atoms with van der Waals surface area (Å²) in [5.41, 5.74) is 5.57. The van der Waals surface area contributed by atoms with Crippen molar-refractivity contribution >= 4 is 16.8 Å². The Morgan fingerprint density at radius 1 is 0.970 bits per heavy atom. The topological polar surface area (TPSA) is 61.0 Å². The molecule has 1 saturated heterocycles. The van der Waals surface area contributed by atoms with Crippen molar-refractivity contribution in [3.8, 4) is 23.0 Å². The van der Waals surface area contributed by atoms with Crippen LogP contribution in [-0.4, -0.2) is 46.2 Å². The molecule has 1 aliphatic heterocycles. The average molecular weight is 433 g/mol. The summed E-state index contributed by atoms with van der Waals surface area (Å²) in [6.07, 6.45) is 2.31. The zero-order valence-corrected chi connectivity index (χ0v) is 18.3. The number of piperazine rings is 1. The van der Waals surface area contributed by atoms with Crippen LogP contribution in [0.15, 0.2) is 72.8 Å². The van der Waals surface area contributed by atoms with E-state index in [4.69, 9.17) is 0 Å². The van der Waals surface area contributed by atoms with Crippen molar-refractivity contribution in [3.63, 3.8) is 0 Å². The number of aromatic nitrogens is 2. The summed E-state index contributed by atoms with van der Waals surface area (Å²) in [5, 5.41) is 11.9. The average Bonchev–Trinajstić information content (AvgIpc) is 3.48. The number of benzene rings is 3. The molecule has 1 spiro atoms. The van der Waals surface area contributed by atoms with Crippen LogP contribution in [0, 0.1) is 11.8 Å². The van der Waals surface area contributed by atoms with Crippen molar-refractivity contribution in [1.29, 1.82) is 0 Å². The second-order valence-corrected chi connectivity index (χ2v) is 8.93. The highest BCUT2D eigenvalue weighted by Crippen LogP contribution is 2.37. The van der Waals surface area contributed by atoms with Crippen molar-refractivity contribution in [2.45, 2.75) is 18.4 Å². The molecule has 5 heteroatoms. The second-order valence-electron chi connectivity index (χ2n) is 8.93. The molecule has 2 fully saturated rings. The highest BCUT2D eigenvalue weighted by atomic mass is 16.2. The lowest BCUT2D eigenvalue weighted by molar-refractivity contribution is 0.0691. The summed E-state index contributed by atoms with van der Waals surface area (Å²) in [5.74, 6) is 6.66. The van der Waals surface area contributed by atoms with Crippen LogP contribution in [0.3, 0.4) is 0 Å². The van der Waals surface area contributed by atoms with Gasteiger partial charge in [-0.05, 0) is 54.2 Å². The molecule has 0 bridgehead atoms. The van der Waals surface area contributed by atoms with Gasteiger partial charge >= 0.3 is 0 Å². The molecule has 1 saturated carbocycles. The first-order chi connectivity index (χ1) is 16.2. The van der Waals surface area contributed by atoms with Crippen LogP contribution in [-0.2, 0) is 0 Å². The van der Waals surface area contributed by atoms with E-state index in [0.717, 1.165) is 65.8 Å². The largest absolute Gasteiger partial charge is 0.336 e. The third-order valence-electron chi connectivity index (χ3n) is 6.65. The summed E-state index contributed by atoms with van der Waals surface area (Å²) in [7, 11) is 0. The Hall–Kier alpha value is -3.88. The number of amides is 1. The lowest BCUT2D eigenvalue weighted by atomic mass is 10.00. The first kappa shape index (κ1) is 19.8. The molecule has 162 valence electrons. The zero-order valence-electron chi connectivity index (χ0n) is 18.3. The summed E-state index contributed by atoms with van der Waals surface area (Å²) in [6, 6.07) is 24.1. The van der Waals surface area contributed by atoms with E-state index < -0.39 is 0 Å². The number of nitrogens with zero attached hydrogens (tertiary/aromatic N) is 2. The predicted molar refractivity (Wildman–Crippen MR) is 130 cm³/mol. The lowest BCUT2D eigenvalue weighted by Gasteiger charge is -2.34. The van der Waals surface area contributed by atoms with E-state index in [1.54, 1.807) is 0 Å². The molecule has 33 heavy (non-hydrogen) atoms. The number of rotatable bonds is 2. The van der Waals surface area contributed by atoms with Crippen LogP contribution in [0.1, 0.15) is 34.5 Å². The summed E-state index contributed by atoms with van der Waals surface area (Å²) < 4.78 is 0. The molecule has 2 N–H and O–H groups in total. The smallest absolute Gasteiger partial charge is 0.253 e. The number of carbonyl (C=O) groups is 1. The van der Waals surface area contributed by atoms with E-state index in [2.05, 4.69) is 45.6 Å². The lowest BCUT2D eigenvalue weighted by Crippen LogP contribution is -2.54. The fraction of sp³-hybridized carbons (Fsp3) is 0.214. The monoisotopic (exact) mass is 432 g/mol.